The molecule has 23 heavy (non-hydrogen) atoms. The Morgan fingerprint density at radius 2 is 1.83 bits per heavy atom. The van der Waals surface area contributed by atoms with Crippen molar-refractivity contribution >= 4 is 23.3 Å². The van der Waals surface area contributed by atoms with Gasteiger partial charge in [-0.25, -0.2) is 4.79 Å². The van der Waals surface area contributed by atoms with Crippen LogP contribution >= 0.6 is 11.6 Å². The number of nitrogens with zero attached hydrogens (tertiary/aromatic N) is 2. The Kier molecular flexibility index (Phi) is 5.31. The molecule has 0 radical (unpaired) electrons. The van der Waals surface area contributed by atoms with Crippen molar-refractivity contribution in [3.63, 3.8) is 0 Å². The van der Waals surface area contributed by atoms with Gasteiger partial charge in [-0.3, -0.25) is 0 Å². The van der Waals surface area contributed by atoms with Gasteiger partial charge in [0.25, 0.3) is 0 Å². The fourth-order valence-electron chi connectivity index (χ4n) is 3.59. The van der Waals surface area contributed by atoms with Crippen LogP contribution in [0.1, 0.15) is 37.7 Å². The molecule has 0 aromatic heterocycles. The van der Waals surface area contributed by atoms with Gasteiger partial charge in [0.05, 0.1) is 0 Å². The van der Waals surface area contributed by atoms with Crippen LogP contribution in [-0.4, -0.2) is 43.2 Å². The molecule has 5 heteroatoms. The predicted molar refractivity (Wildman–Crippen MR) is 95.4 cm³/mol. The van der Waals surface area contributed by atoms with E-state index in [9.17, 15) is 4.79 Å². The van der Waals surface area contributed by atoms with E-state index in [-0.39, 0.29) is 6.03 Å². The molecule has 2 aliphatic rings. The van der Waals surface area contributed by atoms with Crippen molar-refractivity contribution in [2.45, 2.75) is 45.1 Å². The summed E-state index contributed by atoms with van der Waals surface area (Å²) in [6.07, 6.45) is 6.06. The van der Waals surface area contributed by atoms with Gasteiger partial charge in [0.1, 0.15) is 0 Å². The molecule has 0 bridgehead atoms. The van der Waals surface area contributed by atoms with E-state index in [4.69, 9.17) is 11.6 Å². The number of amides is 2. The molecule has 3 rings (SSSR count). The summed E-state index contributed by atoms with van der Waals surface area (Å²) in [5, 5.41) is 3.98. The van der Waals surface area contributed by atoms with E-state index in [1.165, 1.54) is 30.5 Å². The third-order valence-electron chi connectivity index (χ3n) is 5.01. The first-order valence-electron chi connectivity index (χ1n) is 8.70. The number of nitrogens with one attached hydrogen (secondary N) is 1. The number of hydrogen-bond donors (Lipinski definition) is 1. The topological polar surface area (TPSA) is 35.6 Å². The zero-order valence-electron chi connectivity index (χ0n) is 13.9. The molecule has 0 spiro atoms. The largest absolute Gasteiger partial charge is 0.368 e. The first-order valence-corrected chi connectivity index (χ1v) is 9.08. The van der Waals surface area contributed by atoms with Gasteiger partial charge in [-0.15, -0.1) is 0 Å². The molecule has 1 aliphatic heterocycles. The number of carbonyl (C=O) groups excluding carboxylic acids is 1. The van der Waals surface area contributed by atoms with Crippen molar-refractivity contribution in [2.75, 3.05) is 31.1 Å². The molecule has 1 aliphatic carbocycles. The number of anilines is 1. The van der Waals surface area contributed by atoms with Gasteiger partial charge in [-0.05, 0) is 37.5 Å². The maximum atomic E-state index is 12.4. The van der Waals surface area contributed by atoms with E-state index < -0.39 is 0 Å². The third-order valence-corrected chi connectivity index (χ3v) is 5.25. The minimum absolute atomic E-state index is 0.111. The van der Waals surface area contributed by atoms with Gasteiger partial charge >= 0.3 is 6.03 Å². The second-order valence-corrected chi connectivity index (χ2v) is 7.13. The molecule has 0 unspecified atom stereocenters. The lowest BCUT2D eigenvalue weighted by Crippen LogP contribution is -2.53. The average Bonchev–Trinajstić information content (AvgIpc) is 2.58. The molecule has 126 valence electrons. The second-order valence-electron chi connectivity index (χ2n) is 6.69. The zero-order chi connectivity index (χ0) is 16.2. The fourth-order valence-corrected chi connectivity index (χ4v) is 3.75. The van der Waals surface area contributed by atoms with Crippen LogP contribution in [0.3, 0.4) is 0 Å². The minimum Gasteiger partial charge on any atom is -0.368 e. The summed E-state index contributed by atoms with van der Waals surface area (Å²) in [4.78, 5) is 16.7. The number of carbonyl (C=O) groups is 1. The van der Waals surface area contributed by atoms with Crippen molar-refractivity contribution in [1.29, 1.82) is 0 Å². The Bertz CT molecular complexity index is 549. The number of hydrogen-bond acceptors (Lipinski definition) is 2. The van der Waals surface area contributed by atoms with Crippen molar-refractivity contribution < 1.29 is 4.79 Å². The molecule has 1 saturated carbocycles. The summed E-state index contributed by atoms with van der Waals surface area (Å²) < 4.78 is 0. The maximum absolute atomic E-state index is 12.4. The number of aryl methyl sites for hydroxylation is 1. The van der Waals surface area contributed by atoms with Crippen LogP contribution in [-0.2, 0) is 0 Å². The van der Waals surface area contributed by atoms with Gasteiger partial charge in [0.2, 0.25) is 0 Å². The highest BCUT2D eigenvalue weighted by Crippen LogP contribution is 2.25. The lowest BCUT2D eigenvalue weighted by Gasteiger charge is -2.37. The zero-order valence-corrected chi connectivity index (χ0v) is 14.6. The third kappa shape index (κ3) is 4.11. The number of urea groups is 1. The van der Waals surface area contributed by atoms with Crippen LogP contribution in [0.25, 0.3) is 0 Å². The predicted octanol–water partition coefficient (Wildman–Crippen LogP) is 3.81. The number of piperazine rings is 1. The van der Waals surface area contributed by atoms with Crippen LogP contribution in [0.2, 0.25) is 5.02 Å². The molecule has 1 aromatic carbocycles. The molecular weight excluding hydrogens is 310 g/mol. The molecule has 2 amide bonds. The minimum atomic E-state index is 0.111. The van der Waals surface area contributed by atoms with E-state index >= 15 is 0 Å². The Morgan fingerprint density at radius 3 is 2.52 bits per heavy atom. The maximum Gasteiger partial charge on any atom is 0.317 e. The Labute approximate surface area is 143 Å². The van der Waals surface area contributed by atoms with Gasteiger partial charge in [-0.1, -0.05) is 36.9 Å². The Morgan fingerprint density at radius 1 is 1.13 bits per heavy atom. The summed E-state index contributed by atoms with van der Waals surface area (Å²) in [6.45, 7) is 5.36. The molecule has 2 fully saturated rings. The molecule has 0 atom stereocenters. The summed E-state index contributed by atoms with van der Waals surface area (Å²) in [7, 11) is 0. The summed E-state index contributed by atoms with van der Waals surface area (Å²) >= 11 is 6.12. The van der Waals surface area contributed by atoms with Crippen molar-refractivity contribution in [3.8, 4) is 0 Å². The van der Waals surface area contributed by atoms with Gasteiger partial charge in [0, 0.05) is 42.9 Å². The molecule has 1 saturated heterocycles. The highest BCUT2D eigenvalue weighted by Gasteiger charge is 2.24. The molecule has 1 aromatic rings. The lowest BCUT2D eigenvalue weighted by atomic mass is 9.96. The lowest BCUT2D eigenvalue weighted by molar-refractivity contribution is 0.186. The van der Waals surface area contributed by atoms with E-state index in [1.54, 1.807) is 0 Å². The highest BCUT2D eigenvalue weighted by molar-refractivity contribution is 6.30. The van der Waals surface area contributed by atoms with Crippen molar-refractivity contribution in [1.82, 2.24) is 10.2 Å². The van der Waals surface area contributed by atoms with E-state index in [2.05, 4.69) is 23.2 Å². The molecular formula is C18H26ClN3O. The van der Waals surface area contributed by atoms with Crippen LogP contribution in [0, 0.1) is 6.92 Å². The van der Waals surface area contributed by atoms with E-state index in [0.717, 1.165) is 44.0 Å². The quantitative estimate of drug-likeness (QED) is 0.892. The fraction of sp³-hybridized carbons (Fsp3) is 0.611. The standard InChI is InChI=1S/C18H26ClN3O/c1-14-7-8-15(19)13-17(14)21-9-11-22(12-10-21)18(23)20-16-5-3-2-4-6-16/h7-8,13,16H,2-6,9-12H2,1H3,(H,20,23). The number of halogens is 1. The van der Waals surface area contributed by atoms with Crippen LogP contribution in [0.5, 0.6) is 0 Å². The van der Waals surface area contributed by atoms with Crippen LogP contribution in [0.4, 0.5) is 10.5 Å². The van der Waals surface area contributed by atoms with Gasteiger partial charge in [-0.2, -0.15) is 0 Å². The van der Waals surface area contributed by atoms with Crippen LogP contribution < -0.4 is 10.2 Å². The first kappa shape index (κ1) is 16.4. The number of benzene rings is 1. The van der Waals surface area contributed by atoms with Gasteiger partial charge in [0.15, 0.2) is 0 Å². The summed E-state index contributed by atoms with van der Waals surface area (Å²) in [5.74, 6) is 0. The highest BCUT2D eigenvalue weighted by atomic mass is 35.5. The normalized spacial score (nSPS) is 19.7. The first-order chi connectivity index (χ1) is 11.1. The Hall–Kier alpha value is -1.42. The molecule has 1 heterocycles. The smallest absolute Gasteiger partial charge is 0.317 e. The van der Waals surface area contributed by atoms with Gasteiger partial charge < -0.3 is 15.1 Å². The Balaban J connectivity index is 1.53. The summed E-state index contributed by atoms with van der Waals surface area (Å²) in [6, 6.07) is 6.49. The monoisotopic (exact) mass is 335 g/mol. The summed E-state index contributed by atoms with van der Waals surface area (Å²) in [5.41, 5.74) is 2.42. The molecule has 1 N–H and O–H groups in total. The van der Waals surface area contributed by atoms with Crippen molar-refractivity contribution in [3.05, 3.63) is 28.8 Å². The van der Waals surface area contributed by atoms with E-state index in [1.807, 2.05) is 17.0 Å². The van der Waals surface area contributed by atoms with Crippen LogP contribution in [0.15, 0.2) is 18.2 Å². The van der Waals surface area contributed by atoms with Crippen molar-refractivity contribution in [2.24, 2.45) is 0 Å². The number of rotatable bonds is 2. The SMILES string of the molecule is Cc1ccc(Cl)cc1N1CCN(C(=O)NC2CCCCC2)CC1. The molecule has 4 nitrogen and oxygen atoms in total. The van der Waals surface area contributed by atoms with E-state index in [0.29, 0.717) is 6.04 Å². The second kappa shape index (κ2) is 7.43. The average molecular weight is 336 g/mol.